The first-order valence-electron chi connectivity index (χ1n) is 11.8. The normalized spacial score (nSPS) is 14.1. The second-order valence-electron chi connectivity index (χ2n) is 9.17. The number of aromatic amines is 2. The molecule has 4 aromatic rings. The van der Waals surface area contributed by atoms with Crippen molar-refractivity contribution in [3.8, 4) is 5.75 Å². The van der Waals surface area contributed by atoms with Crippen LogP contribution in [0.4, 0.5) is 17.3 Å². The largest absolute Gasteiger partial charge is 0.492 e. The number of hydrogen-bond donors (Lipinski definition) is 4. The number of aromatic nitrogens is 5. The summed E-state index contributed by atoms with van der Waals surface area (Å²) < 4.78 is 7.60. The van der Waals surface area contributed by atoms with Gasteiger partial charge in [0.2, 0.25) is 0 Å². The Labute approximate surface area is 212 Å². The van der Waals surface area contributed by atoms with Crippen molar-refractivity contribution in [2.75, 3.05) is 37.9 Å². The van der Waals surface area contributed by atoms with E-state index < -0.39 is 0 Å². The van der Waals surface area contributed by atoms with Gasteiger partial charge in [-0.05, 0) is 57.6 Å². The van der Waals surface area contributed by atoms with Crippen molar-refractivity contribution in [3.63, 3.8) is 0 Å². The van der Waals surface area contributed by atoms with Crippen molar-refractivity contribution in [3.05, 3.63) is 62.2 Å². The van der Waals surface area contributed by atoms with Gasteiger partial charge in [0, 0.05) is 29.9 Å². The van der Waals surface area contributed by atoms with Gasteiger partial charge in [-0.1, -0.05) is 18.2 Å². The van der Waals surface area contributed by atoms with Crippen molar-refractivity contribution in [2.45, 2.75) is 25.3 Å². The fourth-order valence-corrected chi connectivity index (χ4v) is 4.04. The first kappa shape index (κ1) is 24.0. The van der Waals surface area contributed by atoms with E-state index in [1.165, 1.54) is 0 Å². The van der Waals surface area contributed by atoms with Gasteiger partial charge in [0.1, 0.15) is 17.4 Å². The first-order valence-corrected chi connectivity index (χ1v) is 12.2. The Hall–Kier alpha value is -3.76. The molecule has 1 saturated carbocycles. The molecule has 0 bridgehead atoms. The van der Waals surface area contributed by atoms with E-state index in [4.69, 9.17) is 21.3 Å². The minimum Gasteiger partial charge on any atom is -0.492 e. The van der Waals surface area contributed by atoms with Crippen LogP contribution in [0.25, 0.3) is 18.3 Å². The summed E-state index contributed by atoms with van der Waals surface area (Å²) >= 11 is 6.49. The van der Waals surface area contributed by atoms with Crippen molar-refractivity contribution in [1.29, 1.82) is 0 Å². The Morgan fingerprint density at radius 1 is 1.31 bits per heavy atom. The number of anilines is 3. The highest BCUT2D eigenvalue weighted by atomic mass is 35.5. The third kappa shape index (κ3) is 5.55. The van der Waals surface area contributed by atoms with Crippen LogP contribution in [0.1, 0.15) is 24.8 Å². The van der Waals surface area contributed by atoms with Gasteiger partial charge in [0.05, 0.1) is 28.5 Å². The van der Waals surface area contributed by atoms with E-state index in [-0.39, 0.29) is 5.69 Å². The molecular weight excluding hydrogens is 480 g/mol. The molecule has 0 unspecified atom stereocenters. The molecule has 188 valence electrons. The second kappa shape index (κ2) is 10.1. The molecule has 4 N–H and O–H groups in total. The van der Waals surface area contributed by atoms with Crippen LogP contribution >= 0.6 is 11.6 Å². The molecule has 0 aliphatic heterocycles. The molecule has 0 amide bonds. The molecule has 1 fully saturated rings. The maximum Gasteiger partial charge on any atom is 0.323 e. The highest BCUT2D eigenvalue weighted by Gasteiger charge is 2.23. The standard InChI is InChI=1S/C25H29ClN8O2/c1-15-20(31-25(35)28-15)11-16-14-27-34-23(30-17-5-6-17)13-22(32-24(16)34)29-18-7-8-21(19(26)12-18)36-10-4-9-33(2)3/h7-8,11-14,17,30H,1,4-6,9-10H2,2-3H3,(H,29,32)(H2,28,31,35)/b20-11-. The van der Waals surface area contributed by atoms with Crippen molar-refractivity contribution in [2.24, 2.45) is 0 Å². The Morgan fingerprint density at radius 2 is 2.14 bits per heavy atom. The predicted molar refractivity (Wildman–Crippen MR) is 143 cm³/mol. The monoisotopic (exact) mass is 508 g/mol. The molecule has 0 saturated heterocycles. The fraction of sp³-hybridized carbons (Fsp3) is 0.320. The topological polar surface area (TPSA) is 115 Å². The van der Waals surface area contributed by atoms with E-state index in [1.807, 2.05) is 38.4 Å². The Kier molecular flexibility index (Phi) is 6.71. The zero-order valence-corrected chi connectivity index (χ0v) is 21.0. The van der Waals surface area contributed by atoms with Crippen LogP contribution in [0.2, 0.25) is 5.02 Å². The number of imidazole rings is 1. The van der Waals surface area contributed by atoms with Crippen LogP contribution in [-0.2, 0) is 0 Å². The number of fused-ring (bicyclic) bond motifs is 1. The van der Waals surface area contributed by atoms with E-state index in [2.05, 4.69) is 37.2 Å². The van der Waals surface area contributed by atoms with Crippen LogP contribution < -0.4 is 31.8 Å². The summed E-state index contributed by atoms with van der Waals surface area (Å²) in [5, 5.41) is 13.0. The second-order valence-corrected chi connectivity index (χ2v) is 9.58. The average Bonchev–Trinajstić information content (AvgIpc) is 3.46. The molecule has 0 radical (unpaired) electrons. The highest BCUT2D eigenvalue weighted by Crippen LogP contribution is 2.31. The molecule has 5 rings (SSSR count). The van der Waals surface area contributed by atoms with Gasteiger partial charge in [-0.25, -0.2) is 9.78 Å². The minimum atomic E-state index is -0.309. The maximum absolute atomic E-state index is 11.6. The zero-order chi connectivity index (χ0) is 25.2. The van der Waals surface area contributed by atoms with Gasteiger partial charge in [-0.2, -0.15) is 9.61 Å². The summed E-state index contributed by atoms with van der Waals surface area (Å²) in [5.41, 5.74) is 1.86. The molecule has 1 aliphatic rings. The van der Waals surface area contributed by atoms with Gasteiger partial charge >= 0.3 is 5.69 Å². The first-order chi connectivity index (χ1) is 17.4. The Morgan fingerprint density at radius 3 is 2.83 bits per heavy atom. The van der Waals surface area contributed by atoms with Crippen molar-refractivity contribution < 1.29 is 4.74 Å². The number of ether oxygens (including phenoxy) is 1. The number of halogens is 1. The molecule has 0 spiro atoms. The van der Waals surface area contributed by atoms with Gasteiger partial charge < -0.3 is 30.2 Å². The van der Waals surface area contributed by atoms with Crippen LogP contribution in [0.5, 0.6) is 5.75 Å². The highest BCUT2D eigenvalue weighted by molar-refractivity contribution is 6.32. The predicted octanol–water partition coefficient (Wildman–Crippen LogP) is 2.29. The molecule has 36 heavy (non-hydrogen) atoms. The van der Waals surface area contributed by atoms with Gasteiger partial charge in [0.25, 0.3) is 0 Å². The number of rotatable bonds is 10. The number of H-pyrrole nitrogens is 2. The summed E-state index contributed by atoms with van der Waals surface area (Å²) in [4.78, 5) is 23.9. The molecule has 11 heteroatoms. The van der Waals surface area contributed by atoms with Crippen LogP contribution in [0.15, 0.2) is 35.3 Å². The van der Waals surface area contributed by atoms with Crippen molar-refractivity contribution in [1.82, 2.24) is 29.5 Å². The SMILES string of the molecule is C=c1[nH]c(=O)[nH]/c1=C\c1cnn2c(NC3CC3)cc(Nc3ccc(OCCCN(C)C)c(Cl)c3)nc12. The van der Waals surface area contributed by atoms with Crippen LogP contribution in [-0.4, -0.2) is 62.8 Å². The molecular formula is C25H29ClN8O2. The Balaban J connectivity index is 1.43. The minimum absolute atomic E-state index is 0.309. The average molecular weight is 509 g/mol. The maximum atomic E-state index is 11.6. The summed E-state index contributed by atoms with van der Waals surface area (Å²) in [5.74, 6) is 2.11. The van der Waals surface area contributed by atoms with E-state index in [0.717, 1.165) is 42.9 Å². The summed E-state index contributed by atoms with van der Waals surface area (Å²) in [6.07, 6.45) is 6.68. The van der Waals surface area contributed by atoms with Crippen molar-refractivity contribution >= 4 is 47.2 Å². The van der Waals surface area contributed by atoms with E-state index in [0.29, 0.717) is 45.6 Å². The summed E-state index contributed by atoms with van der Waals surface area (Å²) in [7, 11) is 4.07. The van der Waals surface area contributed by atoms with E-state index >= 15 is 0 Å². The molecule has 3 aromatic heterocycles. The van der Waals surface area contributed by atoms with Gasteiger partial charge in [0.15, 0.2) is 5.65 Å². The lowest BCUT2D eigenvalue weighted by atomic mass is 10.3. The lowest BCUT2D eigenvalue weighted by molar-refractivity contribution is 0.282. The van der Waals surface area contributed by atoms with Crippen LogP contribution in [0, 0.1) is 0 Å². The summed E-state index contributed by atoms with van der Waals surface area (Å²) in [6, 6.07) is 7.94. The third-order valence-corrected chi connectivity index (χ3v) is 6.07. The fourth-order valence-electron chi connectivity index (χ4n) is 3.80. The Bertz CT molecular complexity index is 1550. The molecule has 1 aromatic carbocycles. The van der Waals surface area contributed by atoms with Crippen LogP contribution in [0.3, 0.4) is 0 Å². The van der Waals surface area contributed by atoms with E-state index in [9.17, 15) is 4.79 Å². The number of nitrogens with one attached hydrogen (secondary N) is 4. The smallest absolute Gasteiger partial charge is 0.323 e. The molecule has 10 nitrogen and oxygen atoms in total. The summed E-state index contributed by atoms with van der Waals surface area (Å²) in [6.45, 7) is 5.42. The lowest BCUT2D eigenvalue weighted by Crippen LogP contribution is -2.22. The third-order valence-electron chi connectivity index (χ3n) is 5.78. The van der Waals surface area contributed by atoms with Gasteiger partial charge in [-0.15, -0.1) is 0 Å². The lowest BCUT2D eigenvalue weighted by Gasteiger charge is -2.14. The number of nitrogens with zero attached hydrogens (tertiary/aromatic N) is 4. The molecule has 3 heterocycles. The van der Waals surface area contributed by atoms with Gasteiger partial charge in [-0.3, -0.25) is 0 Å². The zero-order valence-electron chi connectivity index (χ0n) is 20.3. The number of hydrogen-bond acceptors (Lipinski definition) is 7. The number of benzene rings is 1. The quantitative estimate of drug-likeness (QED) is 0.243. The molecule has 0 atom stereocenters. The molecule has 1 aliphatic carbocycles. The van der Waals surface area contributed by atoms with E-state index in [1.54, 1.807) is 16.8 Å².